The average Bonchev–Trinajstić information content (AvgIpc) is 3.05. The Bertz CT molecular complexity index is 967. The van der Waals surface area contributed by atoms with E-state index in [0.717, 1.165) is 11.3 Å². The van der Waals surface area contributed by atoms with E-state index in [1.54, 1.807) is 24.3 Å². The SMILES string of the molecule is CC[C@H](C)CNC(=O)c1nc2c(s1)CN(CC(C)C)S(=O)(=O)c1ccccc1-2. The zero-order valence-electron chi connectivity index (χ0n) is 16.7. The molecule has 6 nitrogen and oxygen atoms in total. The Hall–Kier alpha value is -1.77. The highest BCUT2D eigenvalue weighted by Gasteiger charge is 2.34. The minimum atomic E-state index is -3.61. The predicted molar refractivity (Wildman–Crippen MR) is 112 cm³/mol. The summed E-state index contributed by atoms with van der Waals surface area (Å²) in [7, 11) is -3.61. The first-order valence-corrected chi connectivity index (χ1v) is 11.9. The van der Waals surface area contributed by atoms with Crippen molar-refractivity contribution in [1.82, 2.24) is 14.6 Å². The number of fused-ring (bicyclic) bond motifs is 3. The summed E-state index contributed by atoms with van der Waals surface area (Å²) in [6.45, 7) is 9.42. The minimum Gasteiger partial charge on any atom is -0.350 e. The number of amides is 1. The Morgan fingerprint density at radius 1 is 1.29 bits per heavy atom. The van der Waals surface area contributed by atoms with E-state index in [2.05, 4.69) is 24.1 Å². The first-order chi connectivity index (χ1) is 13.2. The number of nitrogens with zero attached hydrogens (tertiary/aromatic N) is 2. The van der Waals surface area contributed by atoms with E-state index in [4.69, 9.17) is 0 Å². The van der Waals surface area contributed by atoms with Gasteiger partial charge in [0.25, 0.3) is 5.91 Å². The van der Waals surface area contributed by atoms with Crippen molar-refractivity contribution in [2.75, 3.05) is 13.1 Å². The summed E-state index contributed by atoms with van der Waals surface area (Å²) in [5.74, 6) is 0.387. The Kier molecular flexibility index (Phi) is 6.21. The molecule has 0 saturated heterocycles. The Morgan fingerprint density at radius 3 is 2.68 bits per heavy atom. The highest BCUT2D eigenvalue weighted by atomic mass is 32.2. The Labute approximate surface area is 171 Å². The first kappa shape index (κ1) is 21.0. The number of hydrogen-bond donors (Lipinski definition) is 1. The van der Waals surface area contributed by atoms with Gasteiger partial charge in [-0.25, -0.2) is 13.4 Å². The second-order valence-electron chi connectivity index (χ2n) is 7.70. The maximum Gasteiger partial charge on any atom is 0.280 e. The number of benzene rings is 1. The molecule has 0 aliphatic carbocycles. The highest BCUT2D eigenvalue weighted by Crippen LogP contribution is 2.39. The summed E-state index contributed by atoms with van der Waals surface area (Å²) < 4.78 is 27.9. The van der Waals surface area contributed by atoms with Crippen LogP contribution in [0.1, 0.15) is 48.8 Å². The van der Waals surface area contributed by atoms with Crippen LogP contribution in [0.2, 0.25) is 0 Å². The number of hydrogen-bond acceptors (Lipinski definition) is 5. The van der Waals surface area contributed by atoms with Crippen LogP contribution in [0.3, 0.4) is 0 Å². The van der Waals surface area contributed by atoms with Gasteiger partial charge in [0.2, 0.25) is 10.0 Å². The summed E-state index contributed by atoms with van der Waals surface area (Å²) in [6.07, 6.45) is 0.990. The van der Waals surface area contributed by atoms with Crippen molar-refractivity contribution < 1.29 is 13.2 Å². The lowest BCUT2D eigenvalue weighted by Gasteiger charge is -2.22. The maximum absolute atomic E-state index is 13.2. The molecule has 0 bridgehead atoms. The molecule has 152 valence electrons. The van der Waals surface area contributed by atoms with Crippen molar-refractivity contribution in [2.45, 2.75) is 45.6 Å². The fraction of sp³-hybridized carbons (Fsp3) is 0.500. The third-order valence-electron chi connectivity index (χ3n) is 4.85. The number of carbonyl (C=O) groups excluding carboxylic acids is 1. The van der Waals surface area contributed by atoms with Crippen molar-refractivity contribution in [2.24, 2.45) is 11.8 Å². The number of nitrogens with one attached hydrogen (secondary N) is 1. The molecule has 1 aromatic carbocycles. The molecule has 0 spiro atoms. The quantitative estimate of drug-likeness (QED) is 0.770. The summed E-state index contributed by atoms with van der Waals surface area (Å²) in [6, 6.07) is 6.92. The number of rotatable bonds is 6. The second kappa shape index (κ2) is 8.31. The minimum absolute atomic E-state index is 0.190. The van der Waals surface area contributed by atoms with Gasteiger partial charge < -0.3 is 5.32 Å². The fourth-order valence-corrected chi connectivity index (χ4v) is 5.95. The van der Waals surface area contributed by atoms with Crippen LogP contribution < -0.4 is 5.32 Å². The lowest BCUT2D eigenvalue weighted by molar-refractivity contribution is 0.0947. The van der Waals surface area contributed by atoms with Gasteiger partial charge in [-0.3, -0.25) is 4.79 Å². The monoisotopic (exact) mass is 421 g/mol. The molecule has 8 heteroatoms. The lowest BCUT2D eigenvalue weighted by Crippen LogP contribution is -2.32. The first-order valence-electron chi connectivity index (χ1n) is 9.61. The van der Waals surface area contributed by atoms with Crippen LogP contribution in [0.25, 0.3) is 11.3 Å². The topological polar surface area (TPSA) is 79.4 Å². The molecule has 1 amide bonds. The average molecular weight is 422 g/mol. The smallest absolute Gasteiger partial charge is 0.280 e. The molecule has 0 radical (unpaired) electrons. The van der Waals surface area contributed by atoms with E-state index >= 15 is 0 Å². The second-order valence-corrected chi connectivity index (χ2v) is 10.7. The van der Waals surface area contributed by atoms with Crippen LogP contribution in [0.15, 0.2) is 29.2 Å². The van der Waals surface area contributed by atoms with Gasteiger partial charge in [0, 0.05) is 23.5 Å². The van der Waals surface area contributed by atoms with E-state index in [0.29, 0.717) is 35.3 Å². The number of aromatic nitrogens is 1. The number of sulfonamides is 1. The third-order valence-corrected chi connectivity index (χ3v) is 7.76. The maximum atomic E-state index is 13.2. The third kappa shape index (κ3) is 4.14. The van der Waals surface area contributed by atoms with Crippen molar-refractivity contribution in [1.29, 1.82) is 0 Å². The predicted octanol–water partition coefficient (Wildman–Crippen LogP) is 3.75. The van der Waals surface area contributed by atoms with Crippen LogP contribution in [0, 0.1) is 11.8 Å². The van der Waals surface area contributed by atoms with Crippen molar-refractivity contribution in [3.05, 3.63) is 34.2 Å². The van der Waals surface area contributed by atoms with Crippen molar-refractivity contribution in [3.8, 4) is 11.3 Å². The van der Waals surface area contributed by atoms with Crippen LogP contribution in [-0.2, 0) is 16.6 Å². The van der Waals surface area contributed by atoms with E-state index in [-0.39, 0.29) is 23.3 Å². The molecular formula is C20H27N3O3S2. The largest absolute Gasteiger partial charge is 0.350 e. The molecule has 1 N–H and O–H groups in total. The van der Waals surface area contributed by atoms with Gasteiger partial charge in [-0.2, -0.15) is 4.31 Å². The lowest BCUT2D eigenvalue weighted by atomic mass is 10.1. The van der Waals surface area contributed by atoms with Crippen LogP contribution >= 0.6 is 11.3 Å². The summed E-state index contributed by atoms with van der Waals surface area (Å²) in [5.41, 5.74) is 1.17. The van der Waals surface area contributed by atoms with Gasteiger partial charge in [0.1, 0.15) is 0 Å². The van der Waals surface area contributed by atoms with Gasteiger partial charge in [0.15, 0.2) is 5.01 Å². The van der Waals surface area contributed by atoms with E-state index in [9.17, 15) is 13.2 Å². The zero-order chi connectivity index (χ0) is 20.5. The van der Waals surface area contributed by atoms with Crippen LogP contribution in [0.5, 0.6) is 0 Å². The van der Waals surface area contributed by atoms with Crippen LogP contribution in [0.4, 0.5) is 0 Å². The molecule has 1 aromatic heterocycles. The molecule has 0 fully saturated rings. The molecule has 0 unspecified atom stereocenters. The molecular weight excluding hydrogens is 394 g/mol. The van der Waals surface area contributed by atoms with E-state index in [1.165, 1.54) is 15.6 Å². The van der Waals surface area contributed by atoms with Gasteiger partial charge in [-0.1, -0.05) is 52.3 Å². The molecule has 1 aliphatic rings. The normalized spacial score (nSPS) is 16.9. The van der Waals surface area contributed by atoms with Gasteiger partial charge in [0.05, 0.1) is 17.1 Å². The van der Waals surface area contributed by atoms with E-state index in [1.807, 2.05) is 13.8 Å². The van der Waals surface area contributed by atoms with Crippen molar-refractivity contribution >= 4 is 27.3 Å². The molecule has 28 heavy (non-hydrogen) atoms. The summed E-state index contributed by atoms with van der Waals surface area (Å²) in [4.78, 5) is 18.2. The van der Waals surface area contributed by atoms with Crippen LogP contribution in [-0.4, -0.2) is 36.7 Å². The zero-order valence-corrected chi connectivity index (χ0v) is 18.4. The Morgan fingerprint density at radius 2 is 2.00 bits per heavy atom. The van der Waals surface area contributed by atoms with Gasteiger partial charge in [-0.05, 0) is 17.9 Å². The standard InChI is InChI=1S/C20H27N3O3S2/c1-5-14(4)10-21-19(24)20-22-18-15-8-6-7-9-17(15)28(25,26)23(11-13(2)3)12-16(18)27-20/h6-9,13-14H,5,10-12H2,1-4H3,(H,21,24)/t14-/m0/s1. The molecule has 3 rings (SSSR count). The van der Waals surface area contributed by atoms with Crippen molar-refractivity contribution in [3.63, 3.8) is 0 Å². The van der Waals surface area contributed by atoms with Gasteiger partial charge in [-0.15, -0.1) is 11.3 Å². The molecule has 0 saturated carbocycles. The number of thiazole rings is 1. The summed E-state index contributed by atoms with van der Waals surface area (Å²) >= 11 is 1.28. The summed E-state index contributed by atoms with van der Waals surface area (Å²) in [5, 5.41) is 3.32. The number of carbonyl (C=O) groups is 1. The fourth-order valence-electron chi connectivity index (χ4n) is 3.09. The van der Waals surface area contributed by atoms with Gasteiger partial charge >= 0.3 is 0 Å². The molecule has 1 atom stereocenters. The molecule has 1 aliphatic heterocycles. The highest BCUT2D eigenvalue weighted by molar-refractivity contribution is 7.89. The Balaban J connectivity index is 2.02. The molecule has 2 aromatic rings. The molecule has 2 heterocycles. The van der Waals surface area contributed by atoms with E-state index < -0.39 is 10.0 Å².